The molecule has 6 nitrogen and oxygen atoms in total. The van der Waals surface area contributed by atoms with Crippen LogP contribution in [0.5, 0.6) is 0 Å². The van der Waals surface area contributed by atoms with Crippen LogP contribution < -0.4 is 11.2 Å². The number of nitrogens with one attached hydrogen (secondary N) is 1. The maximum atomic E-state index is 13.1. The summed E-state index contributed by atoms with van der Waals surface area (Å²) >= 11 is 2.05. The number of hydrogen-bond donors (Lipinski definition) is 2. The molecule has 0 saturated carbocycles. The predicted molar refractivity (Wildman–Crippen MR) is 64.7 cm³/mol. The zero-order valence-electron chi connectivity index (χ0n) is 8.60. The Hall–Kier alpha value is -0.740. The van der Waals surface area contributed by atoms with Crippen molar-refractivity contribution in [3.05, 3.63) is 32.9 Å². The molecule has 0 amide bonds. The monoisotopic (exact) mass is 356 g/mol. The van der Waals surface area contributed by atoms with Gasteiger partial charge < -0.3 is 9.84 Å². The van der Waals surface area contributed by atoms with Crippen molar-refractivity contribution in [2.24, 2.45) is 0 Å². The Bertz CT molecular complexity index is 528. The summed E-state index contributed by atoms with van der Waals surface area (Å²) in [7, 11) is 0. The van der Waals surface area contributed by atoms with Crippen LogP contribution in [0, 0.1) is 5.82 Å². The SMILES string of the molecule is O=c1[nH]c(=O)n([C@H]2C[C@H](O)[C@@H](CI)O2)cc1F. The molecule has 1 saturated heterocycles. The summed E-state index contributed by atoms with van der Waals surface area (Å²) in [5.41, 5.74) is -1.81. The van der Waals surface area contributed by atoms with Crippen LogP contribution in [0.1, 0.15) is 12.6 Å². The highest BCUT2D eigenvalue weighted by Gasteiger charge is 2.34. The topological polar surface area (TPSA) is 84.3 Å². The van der Waals surface area contributed by atoms with Gasteiger partial charge in [-0.05, 0) is 0 Å². The molecule has 8 heteroatoms. The van der Waals surface area contributed by atoms with Gasteiger partial charge in [-0.25, -0.2) is 4.79 Å². The molecule has 0 bridgehead atoms. The number of alkyl halides is 1. The number of H-pyrrole nitrogens is 1. The van der Waals surface area contributed by atoms with Crippen LogP contribution in [0.4, 0.5) is 4.39 Å². The number of ether oxygens (including phenoxy) is 1. The first kappa shape index (κ1) is 12.7. The fraction of sp³-hybridized carbons (Fsp3) is 0.556. The summed E-state index contributed by atoms with van der Waals surface area (Å²) in [5.74, 6) is -1.05. The third kappa shape index (κ3) is 2.43. The third-order valence-corrected chi connectivity index (χ3v) is 3.46. The molecule has 1 fully saturated rings. The van der Waals surface area contributed by atoms with Gasteiger partial charge in [0.25, 0.3) is 5.56 Å². The molecule has 1 aliphatic heterocycles. The average Bonchev–Trinajstić information content (AvgIpc) is 2.65. The van der Waals surface area contributed by atoms with E-state index in [0.29, 0.717) is 4.43 Å². The molecule has 0 spiro atoms. The van der Waals surface area contributed by atoms with Crippen molar-refractivity contribution in [3.63, 3.8) is 0 Å². The molecule has 17 heavy (non-hydrogen) atoms. The van der Waals surface area contributed by atoms with Crippen molar-refractivity contribution in [1.29, 1.82) is 0 Å². The summed E-state index contributed by atoms with van der Waals surface area (Å²) in [4.78, 5) is 24.2. The lowest BCUT2D eigenvalue weighted by molar-refractivity contribution is -0.00656. The number of nitrogens with zero attached hydrogens (tertiary/aromatic N) is 1. The van der Waals surface area contributed by atoms with E-state index in [-0.39, 0.29) is 12.5 Å². The smallest absolute Gasteiger partial charge is 0.330 e. The lowest BCUT2D eigenvalue weighted by Gasteiger charge is -2.13. The molecular weight excluding hydrogens is 346 g/mol. The zero-order chi connectivity index (χ0) is 12.6. The van der Waals surface area contributed by atoms with Crippen molar-refractivity contribution in [3.8, 4) is 0 Å². The van der Waals surface area contributed by atoms with E-state index in [2.05, 4.69) is 22.6 Å². The quantitative estimate of drug-likeness (QED) is 0.566. The summed E-state index contributed by atoms with van der Waals surface area (Å²) in [6.45, 7) is 0. The van der Waals surface area contributed by atoms with Crippen LogP contribution in [0.2, 0.25) is 0 Å². The molecule has 1 aromatic rings. The van der Waals surface area contributed by atoms with E-state index >= 15 is 0 Å². The maximum Gasteiger partial charge on any atom is 0.330 e. The van der Waals surface area contributed by atoms with Gasteiger partial charge >= 0.3 is 5.69 Å². The Morgan fingerprint density at radius 1 is 1.65 bits per heavy atom. The molecule has 2 N–H and O–H groups in total. The lowest BCUT2D eigenvalue weighted by atomic mass is 10.2. The van der Waals surface area contributed by atoms with Crippen LogP contribution >= 0.6 is 22.6 Å². The Kier molecular flexibility index (Phi) is 3.64. The first-order chi connectivity index (χ1) is 8.02. The molecule has 2 heterocycles. The fourth-order valence-electron chi connectivity index (χ4n) is 1.70. The molecule has 0 aromatic carbocycles. The van der Waals surface area contributed by atoms with Gasteiger partial charge in [0.2, 0.25) is 5.82 Å². The molecule has 0 aliphatic carbocycles. The third-order valence-electron chi connectivity index (χ3n) is 2.59. The van der Waals surface area contributed by atoms with Crippen LogP contribution in [-0.4, -0.2) is 31.3 Å². The Labute approximate surface area is 109 Å². The second-order valence-corrected chi connectivity index (χ2v) is 4.61. The predicted octanol–water partition coefficient (Wildman–Crippen LogP) is -0.241. The molecule has 0 unspecified atom stereocenters. The van der Waals surface area contributed by atoms with Crippen molar-refractivity contribution in [1.82, 2.24) is 9.55 Å². The Balaban J connectivity index is 2.34. The largest absolute Gasteiger partial charge is 0.390 e. The van der Waals surface area contributed by atoms with Gasteiger partial charge in [0.1, 0.15) is 6.23 Å². The Morgan fingerprint density at radius 3 is 2.94 bits per heavy atom. The summed E-state index contributed by atoms with van der Waals surface area (Å²) in [5, 5.41) is 9.62. The summed E-state index contributed by atoms with van der Waals surface area (Å²) in [6, 6.07) is 0. The van der Waals surface area contributed by atoms with Crippen molar-refractivity contribution in [2.45, 2.75) is 24.9 Å². The van der Waals surface area contributed by atoms with E-state index < -0.39 is 29.4 Å². The van der Waals surface area contributed by atoms with Crippen molar-refractivity contribution in [2.75, 3.05) is 4.43 Å². The standard InChI is InChI=1S/C9H10FIN2O4/c10-4-3-13(9(16)12-8(4)15)7-1-5(14)6(2-11)17-7/h3,5-7,14H,1-2H2,(H,12,15,16)/t5-,6+,7+/m0/s1. The number of hydrogen-bond acceptors (Lipinski definition) is 4. The molecule has 2 rings (SSSR count). The van der Waals surface area contributed by atoms with E-state index in [9.17, 15) is 19.1 Å². The highest BCUT2D eigenvalue weighted by molar-refractivity contribution is 14.1. The van der Waals surface area contributed by atoms with Gasteiger partial charge in [0.15, 0.2) is 0 Å². The van der Waals surface area contributed by atoms with Gasteiger partial charge in [-0.2, -0.15) is 4.39 Å². The number of aliphatic hydroxyl groups excluding tert-OH is 1. The zero-order valence-corrected chi connectivity index (χ0v) is 10.8. The van der Waals surface area contributed by atoms with Crippen LogP contribution in [0.15, 0.2) is 15.8 Å². The van der Waals surface area contributed by atoms with Crippen molar-refractivity contribution >= 4 is 22.6 Å². The van der Waals surface area contributed by atoms with Gasteiger partial charge in [0.05, 0.1) is 18.4 Å². The highest BCUT2D eigenvalue weighted by Crippen LogP contribution is 2.28. The van der Waals surface area contributed by atoms with E-state index in [0.717, 1.165) is 10.8 Å². The van der Waals surface area contributed by atoms with E-state index in [1.54, 1.807) is 0 Å². The minimum Gasteiger partial charge on any atom is -0.390 e. The average molecular weight is 356 g/mol. The number of rotatable bonds is 2. The minimum absolute atomic E-state index is 0.194. The molecule has 94 valence electrons. The first-order valence-corrected chi connectivity index (χ1v) is 6.46. The summed E-state index contributed by atoms with van der Waals surface area (Å²) < 4.78 is 20.0. The minimum atomic E-state index is -1.06. The number of aromatic nitrogens is 2. The van der Waals surface area contributed by atoms with Gasteiger partial charge in [0, 0.05) is 10.8 Å². The molecule has 0 radical (unpaired) electrons. The van der Waals surface area contributed by atoms with Crippen LogP contribution in [0.25, 0.3) is 0 Å². The highest BCUT2D eigenvalue weighted by atomic mass is 127. The normalized spacial score (nSPS) is 28.5. The van der Waals surface area contributed by atoms with Gasteiger partial charge in [-0.15, -0.1) is 0 Å². The van der Waals surface area contributed by atoms with E-state index in [1.807, 2.05) is 4.98 Å². The van der Waals surface area contributed by atoms with Crippen molar-refractivity contribution < 1.29 is 14.2 Å². The first-order valence-electron chi connectivity index (χ1n) is 4.93. The van der Waals surface area contributed by atoms with Crippen LogP contribution in [-0.2, 0) is 4.74 Å². The van der Waals surface area contributed by atoms with E-state index in [1.165, 1.54) is 0 Å². The molecule has 3 atom stereocenters. The maximum absolute atomic E-state index is 13.1. The second kappa shape index (κ2) is 4.86. The van der Waals surface area contributed by atoms with Gasteiger partial charge in [-0.3, -0.25) is 14.3 Å². The summed E-state index contributed by atoms with van der Waals surface area (Å²) in [6.07, 6.45) is -0.836. The fourth-order valence-corrected chi connectivity index (χ4v) is 2.49. The number of aromatic amines is 1. The second-order valence-electron chi connectivity index (χ2n) is 3.73. The number of halogens is 2. The van der Waals surface area contributed by atoms with Gasteiger partial charge in [-0.1, -0.05) is 22.6 Å². The number of aliphatic hydroxyl groups is 1. The van der Waals surface area contributed by atoms with Crippen LogP contribution in [0.3, 0.4) is 0 Å². The molecule has 1 aromatic heterocycles. The molecular formula is C9H10FIN2O4. The Morgan fingerprint density at radius 2 is 2.35 bits per heavy atom. The van der Waals surface area contributed by atoms with E-state index in [4.69, 9.17) is 4.74 Å². The molecule has 1 aliphatic rings. The lowest BCUT2D eigenvalue weighted by Crippen LogP contribution is -2.33.